The van der Waals surface area contributed by atoms with Gasteiger partial charge in [-0.15, -0.1) is 0 Å². The summed E-state index contributed by atoms with van der Waals surface area (Å²) in [5, 5.41) is 2.92. The maximum absolute atomic E-state index is 12.1. The van der Waals surface area contributed by atoms with Gasteiger partial charge in [0.1, 0.15) is 0 Å². The molecule has 2 aromatic rings. The van der Waals surface area contributed by atoms with E-state index in [-0.39, 0.29) is 5.91 Å². The summed E-state index contributed by atoms with van der Waals surface area (Å²) in [6.07, 6.45) is 0.353. The fourth-order valence-electron chi connectivity index (χ4n) is 2.51. The average Bonchev–Trinajstić information content (AvgIpc) is 2.58. The van der Waals surface area contributed by atoms with Crippen molar-refractivity contribution in [1.29, 1.82) is 0 Å². The molecule has 0 aliphatic heterocycles. The van der Waals surface area contributed by atoms with Crippen LogP contribution in [-0.4, -0.2) is 27.2 Å². The summed E-state index contributed by atoms with van der Waals surface area (Å²) >= 11 is 0. The molecule has 5 nitrogen and oxygen atoms in total. The van der Waals surface area contributed by atoms with Crippen LogP contribution in [0.4, 0.5) is 0 Å². The second-order valence-corrected chi connectivity index (χ2v) is 5.48. The van der Waals surface area contributed by atoms with Crippen LogP contribution in [0.2, 0.25) is 0 Å². The predicted molar refractivity (Wildman–Crippen MR) is 92.8 cm³/mol. The number of carbonyl (C=O) groups excluding carboxylic acids is 1. The number of aryl methyl sites for hydroxylation is 1. The Balaban J connectivity index is 2.04. The lowest BCUT2D eigenvalue weighted by Crippen LogP contribution is -2.24. The van der Waals surface area contributed by atoms with Gasteiger partial charge in [0, 0.05) is 6.54 Å². The maximum atomic E-state index is 12.1. The van der Waals surface area contributed by atoms with E-state index in [4.69, 9.17) is 14.2 Å². The number of methoxy groups -OCH3 is 3. The molecule has 2 rings (SSSR count). The third-order valence-corrected chi connectivity index (χ3v) is 3.66. The van der Waals surface area contributed by atoms with Crippen LogP contribution >= 0.6 is 0 Å². The molecule has 0 radical (unpaired) electrons. The van der Waals surface area contributed by atoms with Gasteiger partial charge < -0.3 is 19.5 Å². The zero-order valence-corrected chi connectivity index (χ0v) is 14.5. The molecule has 0 aliphatic rings. The van der Waals surface area contributed by atoms with Gasteiger partial charge in [-0.05, 0) is 30.2 Å². The van der Waals surface area contributed by atoms with E-state index >= 15 is 0 Å². The number of benzene rings is 2. The van der Waals surface area contributed by atoms with E-state index in [2.05, 4.69) is 5.32 Å². The standard InChI is InChI=1S/C19H23NO4/c1-13-6-5-7-14(8-13)11-18(21)20-12-15-9-16(22-2)19(24-4)17(10-15)23-3/h5-10H,11-12H2,1-4H3,(H,20,21). The molecule has 0 spiro atoms. The van der Waals surface area contributed by atoms with Crippen molar-refractivity contribution in [3.8, 4) is 17.2 Å². The summed E-state index contributed by atoms with van der Waals surface area (Å²) in [4.78, 5) is 12.1. The first kappa shape index (κ1) is 17.7. The smallest absolute Gasteiger partial charge is 0.224 e. The summed E-state index contributed by atoms with van der Waals surface area (Å²) in [6.45, 7) is 2.40. The fourth-order valence-corrected chi connectivity index (χ4v) is 2.51. The van der Waals surface area contributed by atoms with Crippen molar-refractivity contribution < 1.29 is 19.0 Å². The molecule has 0 unspecified atom stereocenters. The molecule has 0 aromatic heterocycles. The summed E-state index contributed by atoms with van der Waals surface area (Å²) in [6, 6.07) is 11.6. The van der Waals surface area contributed by atoms with Crippen LogP contribution < -0.4 is 19.5 Å². The highest BCUT2D eigenvalue weighted by Crippen LogP contribution is 2.38. The van der Waals surface area contributed by atoms with Gasteiger partial charge in [-0.25, -0.2) is 0 Å². The minimum Gasteiger partial charge on any atom is -0.493 e. The van der Waals surface area contributed by atoms with Gasteiger partial charge in [-0.3, -0.25) is 4.79 Å². The molecule has 5 heteroatoms. The van der Waals surface area contributed by atoms with Crippen molar-refractivity contribution in [2.45, 2.75) is 19.9 Å². The monoisotopic (exact) mass is 329 g/mol. The summed E-state index contributed by atoms with van der Waals surface area (Å²) in [5.41, 5.74) is 3.02. The Morgan fingerprint density at radius 1 is 0.958 bits per heavy atom. The Hall–Kier alpha value is -2.69. The van der Waals surface area contributed by atoms with Crippen molar-refractivity contribution in [3.63, 3.8) is 0 Å². The van der Waals surface area contributed by atoms with Crippen LogP contribution in [-0.2, 0) is 17.8 Å². The first-order valence-electron chi connectivity index (χ1n) is 7.68. The number of hydrogen-bond donors (Lipinski definition) is 1. The van der Waals surface area contributed by atoms with E-state index in [1.807, 2.05) is 43.3 Å². The van der Waals surface area contributed by atoms with E-state index in [9.17, 15) is 4.79 Å². The summed E-state index contributed by atoms with van der Waals surface area (Å²) in [5.74, 6) is 1.64. The van der Waals surface area contributed by atoms with Gasteiger partial charge in [0.05, 0.1) is 27.8 Å². The second-order valence-electron chi connectivity index (χ2n) is 5.48. The van der Waals surface area contributed by atoms with Crippen LogP contribution in [0.25, 0.3) is 0 Å². The number of amides is 1. The SMILES string of the molecule is COc1cc(CNC(=O)Cc2cccc(C)c2)cc(OC)c1OC. The molecule has 0 aliphatic carbocycles. The van der Waals surface area contributed by atoms with Gasteiger partial charge in [0.25, 0.3) is 0 Å². The molecule has 2 aromatic carbocycles. The lowest BCUT2D eigenvalue weighted by molar-refractivity contribution is -0.120. The number of hydrogen-bond acceptors (Lipinski definition) is 4. The molecule has 128 valence electrons. The molecular formula is C19H23NO4. The van der Waals surface area contributed by atoms with Crippen molar-refractivity contribution in [1.82, 2.24) is 5.32 Å². The molecule has 0 atom stereocenters. The van der Waals surface area contributed by atoms with Gasteiger partial charge in [-0.1, -0.05) is 29.8 Å². The van der Waals surface area contributed by atoms with E-state index < -0.39 is 0 Å². The van der Waals surface area contributed by atoms with Gasteiger partial charge in [0.2, 0.25) is 11.7 Å². The van der Waals surface area contributed by atoms with Crippen LogP contribution in [0.1, 0.15) is 16.7 Å². The Kier molecular flexibility index (Phi) is 6.07. The van der Waals surface area contributed by atoms with Crippen LogP contribution in [0.15, 0.2) is 36.4 Å². The van der Waals surface area contributed by atoms with Gasteiger partial charge >= 0.3 is 0 Å². The molecular weight excluding hydrogens is 306 g/mol. The highest BCUT2D eigenvalue weighted by Gasteiger charge is 2.13. The third-order valence-electron chi connectivity index (χ3n) is 3.66. The molecule has 0 saturated carbocycles. The fraction of sp³-hybridized carbons (Fsp3) is 0.316. The zero-order chi connectivity index (χ0) is 17.5. The van der Waals surface area contributed by atoms with Crippen LogP contribution in [0, 0.1) is 6.92 Å². The lowest BCUT2D eigenvalue weighted by Gasteiger charge is -2.14. The minimum atomic E-state index is -0.0330. The highest BCUT2D eigenvalue weighted by molar-refractivity contribution is 5.78. The Bertz CT molecular complexity index is 687. The number of nitrogens with one attached hydrogen (secondary N) is 1. The number of carbonyl (C=O) groups is 1. The summed E-state index contributed by atoms with van der Waals surface area (Å²) in [7, 11) is 4.69. The maximum Gasteiger partial charge on any atom is 0.224 e. The second kappa shape index (κ2) is 8.24. The Labute approximate surface area is 142 Å². The lowest BCUT2D eigenvalue weighted by atomic mass is 10.1. The van der Waals surface area contributed by atoms with Crippen LogP contribution in [0.5, 0.6) is 17.2 Å². The minimum absolute atomic E-state index is 0.0330. The van der Waals surface area contributed by atoms with Gasteiger partial charge in [0.15, 0.2) is 11.5 Å². The van der Waals surface area contributed by atoms with E-state index in [0.29, 0.717) is 30.2 Å². The molecule has 0 bridgehead atoms. The molecule has 1 amide bonds. The Morgan fingerprint density at radius 3 is 2.17 bits per heavy atom. The first-order chi connectivity index (χ1) is 11.6. The highest BCUT2D eigenvalue weighted by atomic mass is 16.5. The van der Waals surface area contributed by atoms with Crippen molar-refractivity contribution in [2.24, 2.45) is 0 Å². The molecule has 1 N–H and O–H groups in total. The van der Waals surface area contributed by atoms with Crippen molar-refractivity contribution in [2.75, 3.05) is 21.3 Å². The van der Waals surface area contributed by atoms with E-state index in [1.165, 1.54) is 0 Å². The predicted octanol–water partition coefficient (Wildman–Crippen LogP) is 2.88. The largest absolute Gasteiger partial charge is 0.493 e. The quantitative estimate of drug-likeness (QED) is 0.848. The molecule has 0 heterocycles. The Morgan fingerprint density at radius 2 is 1.62 bits per heavy atom. The molecule has 0 saturated heterocycles. The van der Waals surface area contributed by atoms with Crippen molar-refractivity contribution in [3.05, 3.63) is 53.1 Å². The number of rotatable bonds is 7. The van der Waals surface area contributed by atoms with E-state index in [0.717, 1.165) is 16.7 Å². The van der Waals surface area contributed by atoms with E-state index in [1.54, 1.807) is 21.3 Å². The number of ether oxygens (including phenoxy) is 3. The van der Waals surface area contributed by atoms with Crippen molar-refractivity contribution >= 4 is 5.91 Å². The zero-order valence-electron chi connectivity index (χ0n) is 14.5. The topological polar surface area (TPSA) is 56.8 Å². The normalized spacial score (nSPS) is 10.2. The first-order valence-corrected chi connectivity index (χ1v) is 7.68. The average molecular weight is 329 g/mol. The third kappa shape index (κ3) is 4.41. The van der Waals surface area contributed by atoms with Gasteiger partial charge in [-0.2, -0.15) is 0 Å². The van der Waals surface area contributed by atoms with Crippen LogP contribution in [0.3, 0.4) is 0 Å². The summed E-state index contributed by atoms with van der Waals surface area (Å²) < 4.78 is 15.9. The molecule has 0 fully saturated rings. The molecule has 24 heavy (non-hydrogen) atoms.